The minimum atomic E-state index is 0.533. The molecule has 1 aromatic rings. The first-order valence-electron chi connectivity index (χ1n) is 6.96. The van der Waals surface area contributed by atoms with E-state index >= 15 is 0 Å². The lowest BCUT2D eigenvalue weighted by molar-refractivity contribution is 0.310. The van der Waals surface area contributed by atoms with E-state index in [1.54, 1.807) is 11.3 Å². The van der Waals surface area contributed by atoms with Gasteiger partial charge in [-0.25, -0.2) is 0 Å². The Morgan fingerprint density at radius 3 is 3.06 bits per heavy atom. The van der Waals surface area contributed by atoms with Crippen molar-refractivity contribution in [2.75, 3.05) is 20.1 Å². The van der Waals surface area contributed by atoms with Crippen LogP contribution in [0.4, 0.5) is 0 Å². The Balaban J connectivity index is 1.53. The highest BCUT2D eigenvalue weighted by Crippen LogP contribution is 2.37. The zero-order chi connectivity index (χ0) is 12.5. The molecule has 2 aliphatic carbocycles. The van der Waals surface area contributed by atoms with Crippen molar-refractivity contribution in [3.63, 3.8) is 0 Å². The molecule has 1 saturated carbocycles. The van der Waals surface area contributed by atoms with Crippen LogP contribution < -0.4 is 5.32 Å². The van der Waals surface area contributed by atoms with Gasteiger partial charge in [-0.1, -0.05) is 11.6 Å². The normalized spacial score (nSPS) is 23.4. The Morgan fingerprint density at radius 1 is 1.44 bits per heavy atom. The van der Waals surface area contributed by atoms with Gasteiger partial charge in [0.2, 0.25) is 0 Å². The van der Waals surface area contributed by atoms with Crippen molar-refractivity contribution in [1.29, 1.82) is 0 Å². The third-order valence-corrected chi connectivity index (χ3v) is 5.45. The molecule has 1 N–H and O–H groups in total. The predicted molar refractivity (Wildman–Crippen MR) is 78.7 cm³/mol. The van der Waals surface area contributed by atoms with Crippen LogP contribution in [0.3, 0.4) is 0 Å². The quantitative estimate of drug-likeness (QED) is 0.891. The molecule has 2 aliphatic rings. The number of hydrogen-bond donors (Lipinski definition) is 1. The smallest absolute Gasteiger partial charge is 0.0934 e. The van der Waals surface area contributed by atoms with Crippen LogP contribution in [0.25, 0.3) is 0 Å². The third-order valence-electron chi connectivity index (χ3n) is 4.11. The maximum absolute atomic E-state index is 6.13. The van der Waals surface area contributed by atoms with Crippen LogP contribution in [0, 0.1) is 0 Å². The molecule has 1 fully saturated rings. The van der Waals surface area contributed by atoms with Crippen LogP contribution >= 0.6 is 22.9 Å². The van der Waals surface area contributed by atoms with Crippen molar-refractivity contribution in [3.8, 4) is 0 Å². The topological polar surface area (TPSA) is 15.3 Å². The van der Waals surface area contributed by atoms with Gasteiger partial charge in [-0.15, -0.1) is 11.3 Å². The van der Waals surface area contributed by atoms with Gasteiger partial charge in [0.15, 0.2) is 0 Å². The number of aryl methyl sites for hydroxylation is 1. The Hall–Kier alpha value is -0.0900. The van der Waals surface area contributed by atoms with Gasteiger partial charge in [-0.05, 0) is 50.8 Å². The lowest BCUT2D eigenvalue weighted by atomic mass is 9.94. The van der Waals surface area contributed by atoms with E-state index in [-0.39, 0.29) is 0 Å². The Bertz CT molecular complexity index is 414. The van der Waals surface area contributed by atoms with Gasteiger partial charge in [0.1, 0.15) is 0 Å². The minimum absolute atomic E-state index is 0.533. The molecule has 3 rings (SSSR count). The van der Waals surface area contributed by atoms with Crippen LogP contribution in [0.2, 0.25) is 4.34 Å². The van der Waals surface area contributed by atoms with Gasteiger partial charge < -0.3 is 10.2 Å². The molecule has 1 aromatic heterocycles. The van der Waals surface area contributed by atoms with Crippen molar-refractivity contribution in [3.05, 3.63) is 20.8 Å². The lowest BCUT2D eigenvalue weighted by Gasteiger charge is -2.25. The Labute approximate surface area is 118 Å². The molecular weight excluding hydrogens is 264 g/mol. The fourth-order valence-corrected chi connectivity index (χ4v) is 4.23. The first-order chi connectivity index (χ1) is 8.74. The molecule has 0 spiro atoms. The molecule has 1 atom stereocenters. The van der Waals surface area contributed by atoms with E-state index < -0.39 is 0 Å². The van der Waals surface area contributed by atoms with Crippen molar-refractivity contribution in [2.45, 2.75) is 44.2 Å². The number of rotatable bonds is 5. The second-order valence-corrected chi connectivity index (χ2v) is 7.31. The second kappa shape index (κ2) is 5.49. The molecular formula is C14H21ClN2S. The minimum Gasteiger partial charge on any atom is -0.309 e. The number of hydrogen-bond acceptors (Lipinski definition) is 3. The van der Waals surface area contributed by atoms with Crippen molar-refractivity contribution < 1.29 is 0 Å². The zero-order valence-electron chi connectivity index (χ0n) is 10.9. The Morgan fingerprint density at radius 2 is 2.28 bits per heavy atom. The highest BCUT2D eigenvalue weighted by Gasteiger charge is 2.26. The van der Waals surface area contributed by atoms with E-state index in [0.717, 1.165) is 23.5 Å². The van der Waals surface area contributed by atoms with Gasteiger partial charge >= 0.3 is 0 Å². The number of nitrogens with one attached hydrogen (secondary N) is 1. The average Bonchev–Trinajstić information content (AvgIpc) is 3.11. The van der Waals surface area contributed by atoms with Gasteiger partial charge in [0.05, 0.1) is 4.34 Å². The number of thiophene rings is 1. The summed E-state index contributed by atoms with van der Waals surface area (Å²) >= 11 is 7.90. The number of fused-ring (bicyclic) bond motifs is 1. The zero-order valence-corrected chi connectivity index (χ0v) is 12.5. The molecule has 0 aliphatic heterocycles. The molecule has 1 heterocycles. The Kier molecular flexibility index (Phi) is 3.94. The van der Waals surface area contributed by atoms with E-state index in [4.69, 9.17) is 11.6 Å². The van der Waals surface area contributed by atoms with E-state index in [2.05, 4.69) is 23.3 Å². The van der Waals surface area contributed by atoms with Crippen molar-refractivity contribution >= 4 is 22.9 Å². The summed E-state index contributed by atoms with van der Waals surface area (Å²) in [6, 6.07) is 3.57. The van der Waals surface area contributed by atoms with E-state index in [9.17, 15) is 0 Å². The second-order valence-electron chi connectivity index (χ2n) is 5.54. The summed E-state index contributed by atoms with van der Waals surface area (Å²) in [5.74, 6) is 0. The van der Waals surface area contributed by atoms with Gasteiger partial charge in [0.25, 0.3) is 0 Å². The molecule has 100 valence electrons. The molecule has 1 unspecified atom stereocenters. The summed E-state index contributed by atoms with van der Waals surface area (Å²) in [7, 11) is 2.24. The van der Waals surface area contributed by atoms with Gasteiger partial charge in [-0.3, -0.25) is 0 Å². The molecule has 0 bridgehead atoms. The monoisotopic (exact) mass is 284 g/mol. The number of nitrogens with zero attached hydrogens (tertiary/aromatic N) is 1. The molecule has 0 radical (unpaired) electrons. The maximum atomic E-state index is 6.13. The fourth-order valence-electron chi connectivity index (χ4n) is 2.85. The van der Waals surface area contributed by atoms with Crippen LogP contribution in [-0.2, 0) is 6.42 Å². The summed E-state index contributed by atoms with van der Waals surface area (Å²) in [5, 5.41) is 3.71. The SMILES string of the molecule is CN(CCNC1CCCc2sc(Cl)cc21)C1CC1. The van der Waals surface area contributed by atoms with Crippen molar-refractivity contribution in [2.24, 2.45) is 0 Å². The molecule has 0 amide bonds. The van der Waals surface area contributed by atoms with E-state index in [1.165, 1.54) is 42.5 Å². The van der Waals surface area contributed by atoms with Gasteiger partial charge in [-0.2, -0.15) is 0 Å². The summed E-state index contributed by atoms with van der Waals surface area (Å²) in [5.41, 5.74) is 1.46. The maximum Gasteiger partial charge on any atom is 0.0934 e. The van der Waals surface area contributed by atoms with Crippen molar-refractivity contribution in [1.82, 2.24) is 10.2 Å². The first-order valence-corrected chi connectivity index (χ1v) is 8.15. The summed E-state index contributed by atoms with van der Waals surface area (Å²) in [6.45, 7) is 2.25. The molecule has 4 heteroatoms. The van der Waals surface area contributed by atoms with Crippen LogP contribution in [0.15, 0.2) is 6.07 Å². The highest BCUT2D eigenvalue weighted by molar-refractivity contribution is 7.16. The van der Waals surface area contributed by atoms with Gasteiger partial charge in [0, 0.05) is 30.1 Å². The summed E-state index contributed by atoms with van der Waals surface area (Å²) in [6.07, 6.45) is 6.55. The summed E-state index contributed by atoms with van der Waals surface area (Å²) < 4.78 is 0.948. The van der Waals surface area contributed by atoms with Crippen LogP contribution in [-0.4, -0.2) is 31.1 Å². The molecule has 2 nitrogen and oxygen atoms in total. The standard InChI is InChI=1S/C14H21ClN2S/c1-17(10-5-6-10)8-7-16-12-3-2-4-13-11(12)9-14(15)18-13/h9-10,12,16H,2-8H2,1H3. The summed E-state index contributed by atoms with van der Waals surface area (Å²) in [4.78, 5) is 3.98. The molecule has 0 aromatic carbocycles. The average molecular weight is 285 g/mol. The third kappa shape index (κ3) is 2.90. The molecule has 18 heavy (non-hydrogen) atoms. The largest absolute Gasteiger partial charge is 0.309 e. The van der Waals surface area contributed by atoms with E-state index in [1.807, 2.05) is 0 Å². The predicted octanol–water partition coefficient (Wildman–Crippen LogP) is 3.46. The van der Waals surface area contributed by atoms with E-state index in [0.29, 0.717) is 6.04 Å². The number of halogens is 1. The first kappa shape index (κ1) is 12.9. The molecule has 0 saturated heterocycles. The van der Waals surface area contributed by atoms with Crippen LogP contribution in [0.1, 0.15) is 42.2 Å². The van der Waals surface area contributed by atoms with Crippen LogP contribution in [0.5, 0.6) is 0 Å². The number of likely N-dealkylation sites (N-methyl/N-ethyl adjacent to an activating group) is 1. The fraction of sp³-hybridized carbons (Fsp3) is 0.714. The highest BCUT2D eigenvalue weighted by atomic mass is 35.5. The lowest BCUT2D eigenvalue weighted by Crippen LogP contribution is -2.33.